The van der Waals surface area contributed by atoms with Gasteiger partial charge in [0.15, 0.2) is 0 Å². The lowest BCUT2D eigenvalue weighted by Crippen LogP contribution is -2.34. The summed E-state index contributed by atoms with van der Waals surface area (Å²) in [6, 6.07) is 5.59. The fraction of sp³-hybridized carbons (Fsp3) is 0.450. The second-order valence-corrected chi connectivity index (χ2v) is 8.61. The number of fused-ring (bicyclic) bond motifs is 1. The predicted molar refractivity (Wildman–Crippen MR) is 119 cm³/mol. The van der Waals surface area contributed by atoms with E-state index in [0.29, 0.717) is 10.7 Å². The number of nitrogens with one attached hydrogen (secondary N) is 1. The van der Waals surface area contributed by atoms with Gasteiger partial charge in [-0.15, -0.1) is 0 Å². The van der Waals surface area contributed by atoms with E-state index in [2.05, 4.69) is 4.72 Å². The molecule has 1 aliphatic heterocycles. The number of benzene rings is 1. The fourth-order valence-corrected chi connectivity index (χ4v) is 4.35. The quantitative estimate of drug-likeness (QED) is 0.597. The Bertz CT molecular complexity index is 947. The van der Waals surface area contributed by atoms with Crippen LogP contribution < -0.4 is 10.5 Å². The second kappa shape index (κ2) is 10.7. The van der Waals surface area contributed by atoms with Gasteiger partial charge in [-0.3, -0.25) is 19.1 Å². The number of nitrogens with zero attached hydrogens (tertiary/aromatic N) is 2. The molecular formula is C20H27ClN4O4S. The Morgan fingerprint density at radius 2 is 2.07 bits per heavy atom. The molecule has 4 N–H and O–H groups in total. The van der Waals surface area contributed by atoms with E-state index in [4.69, 9.17) is 22.4 Å². The van der Waals surface area contributed by atoms with Gasteiger partial charge >= 0.3 is 5.97 Å². The van der Waals surface area contributed by atoms with Crippen LogP contribution in [0.1, 0.15) is 42.2 Å². The fourth-order valence-electron chi connectivity index (χ4n) is 3.37. The number of amides is 2. The van der Waals surface area contributed by atoms with Crippen LogP contribution in [0.4, 0.5) is 0 Å². The molecule has 1 atom stereocenters. The smallest absolute Gasteiger partial charge is 0.303 e. The van der Waals surface area contributed by atoms with Crippen LogP contribution in [0.5, 0.6) is 0 Å². The maximum atomic E-state index is 11.1. The number of rotatable bonds is 5. The Kier molecular flexibility index (Phi) is 8.57. The molecule has 1 saturated heterocycles. The van der Waals surface area contributed by atoms with Crippen LogP contribution in [0.2, 0.25) is 5.02 Å². The van der Waals surface area contributed by atoms with Gasteiger partial charge in [0.05, 0.1) is 5.02 Å². The van der Waals surface area contributed by atoms with Crippen LogP contribution in [0, 0.1) is 12.8 Å². The molecule has 1 fully saturated rings. The van der Waals surface area contributed by atoms with Crippen molar-refractivity contribution in [1.29, 1.82) is 0 Å². The number of aryl methyl sites for hydroxylation is 2. The molecule has 2 aromatic rings. The van der Waals surface area contributed by atoms with E-state index in [-0.39, 0.29) is 18.2 Å². The van der Waals surface area contributed by atoms with Gasteiger partial charge in [0.25, 0.3) is 5.91 Å². The molecule has 0 aliphatic carbocycles. The van der Waals surface area contributed by atoms with E-state index in [9.17, 15) is 14.4 Å². The minimum absolute atomic E-state index is 0.0830. The van der Waals surface area contributed by atoms with Crippen molar-refractivity contribution in [1.82, 2.24) is 13.6 Å². The highest BCUT2D eigenvalue weighted by molar-refractivity contribution is 7.95. The lowest BCUT2D eigenvalue weighted by atomic mass is 9.96. The number of carboxylic acids is 1. The first-order chi connectivity index (χ1) is 14.1. The summed E-state index contributed by atoms with van der Waals surface area (Å²) in [7, 11) is 1.80. The number of nitrogens with two attached hydrogens (primary N) is 1. The molecule has 0 saturated carbocycles. The molecular weight excluding hydrogens is 428 g/mol. The van der Waals surface area contributed by atoms with Crippen LogP contribution in [0.25, 0.3) is 10.9 Å². The van der Waals surface area contributed by atoms with Crippen molar-refractivity contribution in [3.05, 3.63) is 34.5 Å². The highest BCUT2D eigenvalue weighted by Crippen LogP contribution is 2.29. The molecule has 164 valence electrons. The first kappa shape index (κ1) is 24.0. The van der Waals surface area contributed by atoms with Crippen molar-refractivity contribution < 1.29 is 19.5 Å². The molecule has 1 aromatic heterocycles. The Morgan fingerprint density at radius 3 is 2.67 bits per heavy atom. The maximum Gasteiger partial charge on any atom is 0.303 e. The maximum absolute atomic E-state index is 11.1. The van der Waals surface area contributed by atoms with Crippen LogP contribution in [0.3, 0.4) is 0 Å². The SMILES string of the molecule is CC(=O)NSN1CCCC(CC(=O)O)C1.Cc1ccc2c(cc(C(N)=O)n2C)c1Cl. The van der Waals surface area contributed by atoms with Crippen molar-refractivity contribution in [2.75, 3.05) is 13.1 Å². The number of carbonyl (C=O) groups excluding carboxylic acids is 2. The Labute approximate surface area is 185 Å². The molecule has 0 bridgehead atoms. The molecule has 30 heavy (non-hydrogen) atoms. The average Bonchev–Trinajstić information content (AvgIpc) is 3.01. The highest BCUT2D eigenvalue weighted by atomic mass is 35.5. The zero-order chi connectivity index (χ0) is 22.4. The van der Waals surface area contributed by atoms with E-state index in [1.54, 1.807) is 17.7 Å². The molecule has 0 spiro atoms. The van der Waals surface area contributed by atoms with E-state index in [0.717, 1.165) is 42.4 Å². The molecule has 1 aromatic carbocycles. The third kappa shape index (κ3) is 6.38. The Hall–Kier alpha value is -2.23. The van der Waals surface area contributed by atoms with E-state index in [1.165, 1.54) is 19.1 Å². The molecule has 8 nitrogen and oxygen atoms in total. The zero-order valence-corrected chi connectivity index (χ0v) is 18.8. The van der Waals surface area contributed by atoms with Gasteiger partial charge in [-0.1, -0.05) is 17.7 Å². The van der Waals surface area contributed by atoms with Crippen LogP contribution in [-0.4, -0.2) is 44.9 Å². The lowest BCUT2D eigenvalue weighted by Gasteiger charge is -2.30. The summed E-state index contributed by atoms with van der Waals surface area (Å²) >= 11 is 7.43. The summed E-state index contributed by atoms with van der Waals surface area (Å²) in [5.41, 5.74) is 7.64. The number of piperidine rings is 1. The number of carboxylic acid groups (broad SMARTS) is 1. The van der Waals surface area contributed by atoms with Gasteiger partial charge in [0, 0.05) is 56.5 Å². The van der Waals surface area contributed by atoms with Gasteiger partial charge in [0.1, 0.15) is 5.69 Å². The van der Waals surface area contributed by atoms with Crippen molar-refractivity contribution in [2.24, 2.45) is 18.7 Å². The standard InChI is InChI=1S/C11H11ClN2O.C9H16N2O3S/c1-6-3-4-8-7(10(6)12)5-9(11(13)15)14(8)2;1-7(12)10-15-11-4-2-3-8(6-11)5-9(13)14/h3-5H,1-2H3,(H2,13,15);8H,2-6H2,1H3,(H,10,12)(H,13,14). The summed E-state index contributed by atoms with van der Waals surface area (Å²) < 4.78 is 6.41. The van der Waals surface area contributed by atoms with Gasteiger partial charge in [-0.2, -0.15) is 0 Å². The number of hydrogen-bond acceptors (Lipinski definition) is 5. The first-order valence-electron chi connectivity index (χ1n) is 9.54. The van der Waals surface area contributed by atoms with E-state index >= 15 is 0 Å². The molecule has 0 radical (unpaired) electrons. The van der Waals surface area contributed by atoms with E-state index < -0.39 is 11.9 Å². The lowest BCUT2D eigenvalue weighted by molar-refractivity contribution is -0.138. The highest BCUT2D eigenvalue weighted by Gasteiger charge is 2.22. The number of primary amides is 1. The third-order valence-corrected chi connectivity index (χ3v) is 6.34. The predicted octanol–water partition coefficient (Wildman–Crippen LogP) is 3.11. The van der Waals surface area contributed by atoms with Crippen molar-refractivity contribution >= 4 is 52.4 Å². The van der Waals surface area contributed by atoms with Gasteiger partial charge in [-0.25, -0.2) is 4.31 Å². The largest absolute Gasteiger partial charge is 0.481 e. The van der Waals surface area contributed by atoms with Gasteiger partial charge in [-0.05, 0) is 43.4 Å². The normalized spacial score (nSPS) is 16.6. The number of hydrogen-bond donors (Lipinski definition) is 3. The molecule has 2 amide bonds. The molecule has 2 heterocycles. The first-order valence-corrected chi connectivity index (χ1v) is 10.7. The average molecular weight is 455 g/mol. The summed E-state index contributed by atoms with van der Waals surface area (Å²) in [4.78, 5) is 32.4. The van der Waals surface area contributed by atoms with Gasteiger partial charge < -0.3 is 15.4 Å². The molecule has 10 heteroatoms. The molecule has 1 aliphatic rings. The number of halogens is 1. The molecule has 1 unspecified atom stereocenters. The van der Waals surface area contributed by atoms with Crippen LogP contribution in [0.15, 0.2) is 18.2 Å². The summed E-state index contributed by atoms with van der Waals surface area (Å²) in [5.74, 6) is -1.06. The Balaban J connectivity index is 0.000000214. The number of aromatic nitrogens is 1. The van der Waals surface area contributed by atoms with Crippen molar-refractivity contribution in [2.45, 2.75) is 33.1 Å². The third-order valence-electron chi connectivity index (χ3n) is 4.87. The van der Waals surface area contributed by atoms with Crippen molar-refractivity contribution in [3.8, 4) is 0 Å². The number of carbonyl (C=O) groups is 3. The van der Waals surface area contributed by atoms with Crippen LogP contribution in [-0.2, 0) is 16.6 Å². The van der Waals surface area contributed by atoms with Crippen LogP contribution >= 0.6 is 23.7 Å². The van der Waals surface area contributed by atoms with E-state index in [1.807, 2.05) is 23.4 Å². The summed E-state index contributed by atoms with van der Waals surface area (Å²) in [6.45, 7) is 5.03. The van der Waals surface area contributed by atoms with Gasteiger partial charge in [0.2, 0.25) is 5.91 Å². The number of aliphatic carboxylic acids is 1. The zero-order valence-electron chi connectivity index (χ0n) is 17.3. The monoisotopic (exact) mass is 454 g/mol. The van der Waals surface area contributed by atoms with Crippen molar-refractivity contribution in [3.63, 3.8) is 0 Å². The summed E-state index contributed by atoms with van der Waals surface area (Å²) in [5, 5.41) is 10.2. The topological polar surface area (TPSA) is 118 Å². The second-order valence-electron chi connectivity index (χ2n) is 7.33. The minimum atomic E-state index is -0.744. The molecule has 3 rings (SSSR count). The Morgan fingerprint density at radius 1 is 1.37 bits per heavy atom. The summed E-state index contributed by atoms with van der Waals surface area (Å²) in [6.07, 6.45) is 2.17. The minimum Gasteiger partial charge on any atom is -0.481 e.